The van der Waals surface area contributed by atoms with Crippen LogP contribution >= 0.6 is 0 Å². The van der Waals surface area contributed by atoms with Crippen LogP contribution in [0.3, 0.4) is 0 Å². The molecule has 0 fully saturated rings. The van der Waals surface area contributed by atoms with E-state index in [0.717, 1.165) is 0 Å². The molecule has 0 saturated heterocycles. The number of aliphatic hydroxyl groups excluding tert-OH is 1. The number of aliphatic hydroxyl groups is 1. The van der Waals surface area contributed by atoms with Crippen LogP contribution in [-0.2, 0) is 6.54 Å². The molecule has 0 bridgehead atoms. The van der Waals surface area contributed by atoms with E-state index in [2.05, 4.69) is 4.98 Å². The summed E-state index contributed by atoms with van der Waals surface area (Å²) in [5.41, 5.74) is 0.359. The molecule has 0 aliphatic heterocycles. The molecule has 0 saturated carbocycles. The predicted octanol–water partition coefficient (Wildman–Crippen LogP) is 2.13. The molecule has 1 heterocycles. The number of hydrogen-bond acceptors (Lipinski definition) is 2. The zero-order valence-electron chi connectivity index (χ0n) is 9.32. The second kappa shape index (κ2) is 4.63. The van der Waals surface area contributed by atoms with Crippen molar-refractivity contribution in [2.75, 3.05) is 6.61 Å². The Morgan fingerprint density at radius 3 is 2.76 bits per heavy atom. The maximum absolute atomic E-state index is 13.8. The van der Waals surface area contributed by atoms with Gasteiger partial charge >= 0.3 is 0 Å². The molecule has 90 valence electrons. The Bertz CT molecular complexity index is 537. The van der Waals surface area contributed by atoms with Crippen molar-refractivity contribution in [3.63, 3.8) is 0 Å². The lowest BCUT2D eigenvalue weighted by Crippen LogP contribution is -2.05. The third-order valence-corrected chi connectivity index (χ3v) is 2.57. The van der Waals surface area contributed by atoms with Gasteiger partial charge in [-0.3, -0.25) is 0 Å². The number of imidazole rings is 1. The van der Waals surface area contributed by atoms with Crippen LogP contribution in [-0.4, -0.2) is 21.3 Å². The normalized spacial score (nSPS) is 10.8. The van der Waals surface area contributed by atoms with E-state index >= 15 is 0 Å². The average molecular weight is 238 g/mol. The molecule has 1 aromatic heterocycles. The zero-order valence-corrected chi connectivity index (χ0v) is 9.32. The molecule has 17 heavy (non-hydrogen) atoms. The highest BCUT2D eigenvalue weighted by Gasteiger charge is 2.15. The summed E-state index contributed by atoms with van der Waals surface area (Å²) in [7, 11) is 0. The standard InChI is InChI=1S/C12H12F2N2O/c1-8-2-3-9(11(14)10(8)13)12-15-4-5-16(12)6-7-17/h2-5,17H,6-7H2,1H3. The van der Waals surface area contributed by atoms with Gasteiger partial charge in [0, 0.05) is 18.9 Å². The molecule has 0 aliphatic carbocycles. The zero-order chi connectivity index (χ0) is 12.4. The molecular weight excluding hydrogens is 226 g/mol. The highest BCUT2D eigenvalue weighted by molar-refractivity contribution is 5.57. The van der Waals surface area contributed by atoms with Gasteiger partial charge in [0.2, 0.25) is 0 Å². The van der Waals surface area contributed by atoms with Crippen LogP contribution in [0.1, 0.15) is 5.56 Å². The highest BCUT2D eigenvalue weighted by atomic mass is 19.2. The molecule has 3 nitrogen and oxygen atoms in total. The van der Waals surface area contributed by atoms with Gasteiger partial charge in [-0.2, -0.15) is 0 Å². The first-order valence-electron chi connectivity index (χ1n) is 5.22. The van der Waals surface area contributed by atoms with Crippen molar-refractivity contribution in [1.82, 2.24) is 9.55 Å². The van der Waals surface area contributed by atoms with E-state index in [0.29, 0.717) is 12.4 Å². The predicted molar refractivity (Wildman–Crippen MR) is 59.4 cm³/mol. The van der Waals surface area contributed by atoms with Crippen molar-refractivity contribution in [2.24, 2.45) is 0 Å². The van der Waals surface area contributed by atoms with Crippen LogP contribution in [0.25, 0.3) is 11.4 Å². The second-order valence-electron chi connectivity index (χ2n) is 3.73. The lowest BCUT2D eigenvalue weighted by atomic mass is 10.1. The summed E-state index contributed by atoms with van der Waals surface area (Å²) in [5, 5.41) is 8.86. The van der Waals surface area contributed by atoms with E-state index in [4.69, 9.17) is 5.11 Å². The maximum Gasteiger partial charge on any atom is 0.170 e. The molecule has 2 rings (SSSR count). The summed E-state index contributed by atoms with van der Waals surface area (Å²) in [6.07, 6.45) is 3.10. The third kappa shape index (κ3) is 2.06. The van der Waals surface area contributed by atoms with E-state index in [1.807, 2.05) is 0 Å². The van der Waals surface area contributed by atoms with Crippen molar-refractivity contribution in [1.29, 1.82) is 0 Å². The summed E-state index contributed by atoms with van der Waals surface area (Å²) in [4.78, 5) is 3.98. The number of rotatable bonds is 3. The Morgan fingerprint density at radius 1 is 1.29 bits per heavy atom. The van der Waals surface area contributed by atoms with Gasteiger partial charge in [0.15, 0.2) is 11.6 Å². The fraction of sp³-hybridized carbons (Fsp3) is 0.250. The van der Waals surface area contributed by atoms with Crippen LogP contribution in [0, 0.1) is 18.6 Å². The van der Waals surface area contributed by atoms with Crippen LogP contribution in [0.5, 0.6) is 0 Å². The largest absolute Gasteiger partial charge is 0.395 e. The SMILES string of the molecule is Cc1ccc(-c2nccn2CCO)c(F)c1F. The topological polar surface area (TPSA) is 38.0 Å². The Balaban J connectivity index is 2.53. The lowest BCUT2D eigenvalue weighted by Gasteiger charge is -2.08. The summed E-state index contributed by atoms with van der Waals surface area (Å²) >= 11 is 0. The average Bonchev–Trinajstić information content (AvgIpc) is 2.75. The fourth-order valence-corrected chi connectivity index (χ4v) is 1.66. The van der Waals surface area contributed by atoms with E-state index in [1.165, 1.54) is 25.3 Å². The molecule has 0 spiro atoms. The van der Waals surface area contributed by atoms with Gasteiger partial charge in [-0.25, -0.2) is 13.8 Å². The molecule has 2 aromatic rings. The van der Waals surface area contributed by atoms with Gasteiger partial charge in [0.05, 0.1) is 12.2 Å². The Labute approximate surface area is 97.3 Å². The number of aryl methyl sites for hydroxylation is 1. The summed E-state index contributed by atoms with van der Waals surface area (Å²) < 4.78 is 28.8. The van der Waals surface area contributed by atoms with E-state index in [9.17, 15) is 8.78 Å². The van der Waals surface area contributed by atoms with E-state index in [-0.39, 0.29) is 17.7 Å². The molecule has 1 N–H and O–H groups in total. The van der Waals surface area contributed by atoms with Crippen molar-refractivity contribution in [3.05, 3.63) is 41.7 Å². The number of benzene rings is 1. The highest BCUT2D eigenvalue weighted by Crippen LogP contribution is 2.24. The molecular formula is C12H12F2N2O. The Morgan fingerprint density at radius 2 is 2.06 bits per heavy atom. The number of hydrogen-bond donors (Lipinski definition) is 1. The van der Waals surface area contributed by atoms with Crippen LogP contribution < -0.4 is 0 Å². The smallest absolute Gasteiger partial charge is 0.170 e. The first-order chi connectivity index (χ1) is 8.15. The Hall–Kier alpha value is -1.75. The monoisotopic (exact) mass is 238 g/mol. The minimum absolute atomic E-state index is 0.0840. The summed E-state index contributed by atoms with van der Waals surface area (Å²) in [6, 6.07) is 3.00. The molecule has 0 radical (unpaired) electrons. The van der Waals surface area contributed by atoms with E-state index in [1.54, 1.807) is 10.8 Å². The molecule has 0 aliphatic rings. The molecule has 1 aromatic carbocycles. The summed E-state index contributed by atoms with van der Waals surface area (Å²) in [6.45, 7) is 1.71. The van der Waals surface area contributed by atoms with Gasteiger partial charge < -0.3 is 9.67 Å². The molecule has 5 heteroatoms. The quantitative estimate of drug-likeness (QED) is 0.889. The van der Waals surface area contributed by atoms with Crippen LogP contribution in [0.2, 0.25) is 0 Å². The van der Waals surface area contributed by atoms with Crippen molar-refractivity contribution in [2.45, 2.75) is 13.5 Å². The maximum atomic E-state index is 13.8. The third-order valence-electron chi connectivity index (χ3n) is 2.57. The van der Waals surface area contributed by atoms with Crippen LogP contribution in [0.4, 0.5) is 8.78 Å². The van der Waals surface area contributed by atoms with Crippen LogP contribution in [0.15, 0.2) is 24.5 Å². The summed E-state index contributed by atoms with van der Waals surface area (Å²) in [5.74, 6) is -1.45. The number of nitrogens with zero attached hydrogens (tertiary/aromatic N) is 2. The Kier molecular flexibility index (Phi) is 3.19. The first-order valence-corrected chi connectivity index (χ1v) is 5.22. The van der Waals surface area contributed by atoms with Crippen molar-refractivity contribution in [3.8, 4) is 11.4 Å². The second-order valence-corrected chi connectivity index (χ2v) is 3.73. The van der Waals surface area contributed by atoms with Crippen molar-refractivity contribution < 1.29 is 13.9 Å². The van der Waals surface area contributed by atoms with Gasteiger partial charge in [-0.1, -0.05) is 6.07 Å². The van der Waals surface area contributed by atoms with Gasteiger partial charge in [0.25, 0.3) is 0 Å². The van der Waals surface area contributed by atoms with E-state index < -0.39 is 11.6 Å². The molecule has 0 atom stereocenters. The van der Waals surface area contributed by atoms with Gasteiger partial charge in [-0.05, 0) is 18.6 Å². The molecule has 0 amide bonds. The number of halogens is 2. The van der Waals surface area contributed by atoms with Gasteiger partial charge in [0.1, 0.15) is 5.82 Å². The van der Waals surface area contributed by atoms with Crippen molar-refractivity contribution >= 4 is 0 Å². The fourth-order valence-electron chi connectivity index (χ4n) is 1.66. The minimum atomic E-state index is -0.907. The lowest BCUT2D eigenvalue weighted by molar-refractivity contribution is 0.276. The molecule has 0 unspecified atom stereocenters. The number of aromatic nitrogens is 2. The first kappa shape index (κ1) is 11.7. The minimum Gasteiger partial charge on any atom is -0.395 e. The van der Waals surface area contributed by atoms with Gasteiger partial charge in [-0.15, -0.1) is 0 Å².